The van der Waals surface area contributed by atoms with Crippen molar-refractivity contribution in [2.45, 2.75) is 44.1 Å². The molecule has 4 aliphatic rings. The van der Waals surface area contributed by atoms with Gasteiger partial charge in [0, 0.05) is 10.6 Å². The summed E-state index contributed by atoms with van der Waals surface area (Å²) in [5.74, 6) is 3.22. The normalized spacial score (nSPS) is 33.5. The largest absolute Gasteiger partial charge is 0.495 e. The first kappa shape index (κ1) is 16.2. The maximum Gasteiger partial charge on any atom is 0.238 e. The van der Waals surface area contributed by atoms with Crippen LogP contribution in [-0.4, -0.2) is 25.1 Å². The summed E-state index contributed by atoms with van der Waals surface area (Å²) in [6.07, 6.45) is 7.96. The van der Waals surface area contributed by atoms with Gasteiger partial charge in [-0.1, -0.05) is 11.6 Å². The van der Waals surface area contributed by atoms with E-state index in [2.05, 4.69) is 10.6 Å². The fraction of sp³-hybridized carbons (Fsp3) is 0.632. The topological polar surface area (TPSA) is 50.4 Å². The Morgan fingerprint density at radius 1 is 1.21 bits per heavy atom. The lowest BCUT2D eigenvalue weighted by atomic mass is 9.53. The zero-order valence-corrected chi connectivity index (χ0v) is 14.9. The molecule has 0 spiro atoms. The van der Waals surface area contributed by atoms with Crippen LogP contribution in [0.1, 0.15) is 38.5 Å². The maximum atomic E-state index is 12.4. The quantitative estimate of drug-likeness (QED) is 0.849. The van der Waals surface area contributed by atoms with Crippen molar-refractivity contribution < 1.29 is 9.53 Å². The van der Waals surface area contributed by atoms with Gasteiger partial charge in [0.15, 0.2) is 0 Å². The van der Waals surface area contributed by atoms with Crippen molar-refractivity contribution in [3.05, 3.63) is 23.2 Å². The SMILES string of the molecule is COc1ccc(Cl)cc1NC(=O)CNC12CC3CC(CC(C3)C1)C2. The average Bonchev–Trinajstić information content (AvgIpc) is 2.52. The van der Waals surface area contributed by atoms with E-state index in [0.29, 0.717) is 23.0 Å². The molecule has 4 aliphatic carbocycles. The van der Waals surface area contributed by atoms with E-state index >= 15 is 0 Å². The second-order valence-electron chi connectivity index (χ2n) is 7.94. The number of anilines is 1. The summed E-state index contributed by atoms with van der Waals surface area (Å²) in [5.41, 5.74) is 0.826. The molecule has 2 N–H and O–H groups in total. The van der Waals surface area contributed by atoms with Crippen LogP contribution in [-0.2, 0) is 4.79 Å². The van der Waals surface area contributed by atoms with Gasteiger partial charge in [0.05, 0.1) is 19.3 Å². The fourth-order valence-corrected chi connectivity index (χ4v) is 5.74. The molecule has 4 nitrogen and oxygen atoms in total. The summed E-state index contributed by atoms with van der Waals surface area (Å²) in [7, 11) is 1.59. The Labute approximate surface area is 148 Å². The minimum absolute atomic E-state index is 0.0358. The van der Waals surface area contributed by atoms with Gasteiger partial charge in [0.25, 0.3) is 0 Å². The number of rotatable bonds is 5. The van der Waals surface area contributed by atoms with Gasteiger partial charge < -0.3 is 15.4 Å². The highest BCUT2D eigenvalue weighted by molar-refractivity contribution is 6.31. The van der Waals surface area contributed by atoms with E-state index in [1.54, 1.807) is 25.3 Å². The first-order chi connectivity index (χ1) is 11.5. The van der Waals surface area contributed by atoms with Crippen LogP contribution in [0.5, 0.6) is 5.75 Å². The highest BCUT2D eigenvalue weighted by atomic mass is 35.5. The van der Waals surface area contributed by atoms with Gasteiger partial charge in [-0.15, -0.1) is 0 Å². The van der Waals surface area contributed by atoms with Gasteiger partial charge >= 0.3 is 0 Å². The Morgan fingerprint density at radius 2 is 1.83 bits per heavy atom. The van der Waals surface area contributed by atoms with Gasteiger partial charge in [-0.2, -0.15) is 0 Å². The second-order valence-corrected chi connectivity index (χ2v) is 8.38. The Hall–Kier alpha value is -1.26. The van der Waals surface area contributed by atoms with Crippen molar-refractivity contribution >= 4 is 23.2 Å². The summed E-state index contributed by atoms with van der Waals surface area (Å²) in [6.45, 7) is 0.349. The molecule has 5 heteroatoms. The summed E-state index contributed by atoms with van der Waals surface area (Å²) in [4.78, 5) is 12.4. The predicted octanol–water partition coefficient (Wildman–Crippen LogP) is 3.85. The maximum absolute atomic E-state index is 12.4. The first-order valence-corrected chi connectivity index (χ1v) is 9.31. The number of carbonyl (C=O) groups excluding carboxylic acids is 1. The number of benzene rings is 1. The van der Waals surface area contributed by atoms with E-state index in [1.165, 1.54) is 38.5 Å². The molecule has 0 radical (unpaired) electrons. The molecule has 1 aromatic carbocycles. The molecule has 4 saturated carbocycles. The van der Waals surface area contributed by atoms with Gasteiger partial charge in [-0.25, -0.2) is 0 Å². The molecule has 0 heterocycles. The molecule has 0 aromatic heterocycles. The smallest absolute Gasteiger partial charge is 0.238 e. The molecule has 4 fully saturated rings. The van der Waals surface area contributed by atoms with Crippen molar-refractivity contribution in [1.82, 2.24) is 5.32 Å². The van der Waals surface area contributed by atoms with Gasteiger partial charge in [0.1, 0.15) is 5.75 Å². The molecular formula is C19H25ClN2O2. The predicted molar refractivity (Wildman–Crippen MR) is 95.5 cm³/mol. The van der Waals surface area contributed by atoms with Crippen LogP contribution < -0.4 is 15.4 Å². The Bertz CT molecular complexity index is 611. The molecule has 130 valence electrons. The number of nitrogens with one attached hydrogen (secondary N) is 2. The van der Waals surface area contributed by atoms with Crippen LogP contribution in [0.25, 0.3) is 0 Å². The monoisotopic (exact) mass is 348 g/mol. The van der Waals surface area contributed by atoms with Gasteiger partial charge in [-0.3, -0.25) is 4.79 Å². The molecule has 1 amide bonds. The molecule has 5 rings (SSSR count). The zero-order chi connectivity index (χ0) is 16.7. The standard InChI is InChI=1S/C19H25ClN2O2/c1-24-17-3-2-15(20)7-16(17)22-18(23)11-21-19-8-12-4-13(9-19)6-14(5-12)10-19/h2-3,7,12-14,21H,4-6,8-11H2,1H3,(H,22,23). The number of hydrogen-bond donors (Lipinski definition) is 2. The Kier molecular flexibility index (Phi) is 4.21. The van der Waals surface area contributed by atoms with E-state index in [0.717, 1.165) is 17.8 Å². The van der Waals surface area contributed by atoms with Gasteiger partial charge in [-0.05, 0) is 74.5 Å². The molecule has 4 bridgehead atoms. The summed E-state index contributed by atoms with van der Waals surface area (Å²) < 4.78 is 5.29. The second kappa shape index (κ2) is 6.23. The number of ether oxygens (including phenoxy) is 1. The van der Waals surface area contributed by atoms with Crippen LogP contribution >= 0.6 is 11.6 Å². The summed E-state index contributed by atoms with van der Waals surface area (Å²) in [6, 6.07) is 5.25. The van der Waals surface area contributed by atoms with E-state index < -0.39 is 0 Å². The third-order valence-corrected chi connectivity index (χ3v) is 6.33. The molecule has 0 aliphatic heterocycles. The zero-order valence-electron chi connectivity index (χ0n) is 14.1. The highest BCUT2D eigenvalue weighted by Gasteiger charge is 2.50. The third kappa shape index (κ3) is 3.14. The lowest BCUT2D eigenvalue weighted by Crippen LogP contribution is -2.59. The molecule has 0 unspecified atom stereocenters. The molecule has 1 aromatic rings. The number of halogens is 1. The first-order valence-electron chi connectivity index (χ1n) is 8.94. The Balaban J connectivity index is 1.38. The van der Waals surface area contributed by atoms with Gasteiger partial charge in [0.2, 0.25) is 5.91 Å². The van der Waals surface area contributed by atoms with Crippen molar-refractivity contribution in [2.75, 3.05) is 19.0 Å². The van der Waals surface area contributed by atoms with E-state index in [1.807, 2.05) is 0 Å². The molecular weight excluding hydrogens is 324 g/mol. The van der Waals surface area contributed by atoms with Crippen molar-refractivity contribution in [2.24, 2.45) is 17.8 Å². The number of carbonyl (C=O) groups is 1. The average molecular weight is 349 g/mol. The van der Waals surface area contributed by atoms with Crippen LogP contribution in [0.4, 0.5) is 5.69 Å². The lowest BCUT2D eigenvalue weighted by molar-refractivity contribution is -0.116. The minimum Gasteiger partial charge on any atom is -0.495 e. The van der Waals surface area contributed by atoms with E-state index in [4.69, 9.17) is 16.3 Å². The Morgan fingerprint density at radius 3 is 2.42 bits per heavy atom. The fourth-order valence-electron chi connectivity index (χ4n) is 5.57. The minimum atomic E-state index is -0.0358. The van der Waals surface area contributed by atoms with Crippen molar-refractivity contribution in [3.8, 4) is 5.75 Å². The van der Waals surface area contributed by atoms with Crippen molar-refractivity contribution in [1.29, 1.82) is 0 Å². The highest BCUT2D eigenvalue weighted by Crippen LogP contribution is 2.55. The van der Waals surface area contributed by atoms with E-state index in [-0.39, 0.29) is 11.4 Å². The van der Waals surface area contributed by atoms with E-state index in [9.17, 15) is 4.79 Å². The number of methoxy groups -OCH3 is 1. The van der Waals surface area contributed by atoms with Crippen LogP contribution in [0.2, 0.25) is 5.02 Å². The lowest BCUT2D eigenvalue weighted by Gasteiger charge is -2.57. The van der Waals surface area contributed by atoms with Crippen LogP contribution in [0, 0.1) is 17.8 Å². The van der Waals surface area contributed by atoms with Crippen LogP contribution in [0.15, 0.2) is 18.2 Å². The number of hydrogen-bond acceptors (Lipinski definition) is 3. The summed E-state index contributed by atoms with van der Waals surface area (Å²) >= 11 is 6.02. The number of amides is 1. The van der Waals surface area contributed by atoms with Crippen molar-refractivity contribution in [3.63, 3.8) is 0 Å². The molecule has 0 atom stereocenters. The third-order valence-electron chi connectivity index (χ3n) is 6.10. The molecule has 24 heavy (non-hydrogen) atoms. The molecule has 0 saturated heterocycles. The van der Waals surface area contributed by atoms with Crippen LogP contribution in [0.3, 0.4) is 0 Å². The summed E-state index contributed by atoms with van der Waals surface area (Å²) in [5, 5.41) is 7.12.